The fourth-order valence-corrected chi connectivity index (χ4v) is 7.71. The summed E-state index contributed by atoms with van der Waals surface area (Å²) in [6, 6.07) is 57.9. The largest absolute Gasteiger partial charge is 0.456 e. The van der Waals surface area contributed by atoms with Crippen LogP contribution in [0.15, 0.2) is 191 Å². The number of nitrogens with zero attached hydrogens (tertiary/aromatic N) is 4. The molecule has 6 heteroatoms. The van der Waals surface area contributed by atoms with E-state index in [1.165, 1.54) is 0 Å². The maximum Gasteiger partial charge on any atom is 0.164 e. The minimum Gasteiger partial charge on any atom is -0.456 e. The Morgan fingerprint density at radius 2 is 0.929 bits per heavy atom. The summed E-state index contributed by atoms with van der Waals surface area (Å²) in [5.41, 5.74) is 12.4. The van der Waals surface area contributed by atoms with Crippen molar-refractivity contribution in [1.29, 1.82) is 0 Å². The van der Waals surface area contributed by atoms with Gasteiger partial charge in [0.1, 0.15) is 22.3 Å². The quantitative estimate of drug-likeness (QED) is 0.170. The van der Waals surface area contributed by atoms with Crippen LogP contribution in [0.5, 0.6) is 0 Å². The van der Waals surface area contributed by atoms with Gasteiger partial charge in [0.2, 0.25) is 0 Å². The highest BCUT2D eigenvalue weighted by Gasteiger charge is 2.19. The van der Waals surface area contributed by atoms with Crippen LogP contribution < -0.4 is 0 Å². The van der Waals surface area contributed by atoms with E-state index in [-0.39, 0.29) is 0 Å². The maximum absolute atomic E-state index is 6.66. The second-order valence-electron chi connectivity index (χ2n) is 13.8. The zero-order valence-corrected chi connectivity index (χ0v) is 29.9. The molecule has 0 aliphatic heterocycles. The third-order valence-corrected chi connectivity index (χ3v) is 10.5. The first-order valence-corrected chi connectivity index (χ1v) is 18.5. The second kappa shape index (κ2) is 13.0. The van der Waals surface area contributed by atoms with Gasteiger partial charge in [0, 0.05) is 61.8 Å². The number of aromatic nitrogens is 4. The number of rotatable bonds is 6. The van der Waals surface area contributed by atoms with Crippen molar-refractivity contribution in [2.24, 2.45) is 0 Å². The first-order chi connectivity index (χ1) is 27.7. The van der Waals surface area contributed by atoms with Gasteiger partial charge in [-0.05, 0) is 64.7 Å². The van der Waals surface area contributed by atoms with Crippen molar-refractivity contribution in [3.8, 4) is 67.5 Å². The van der Waals surface area contributed by atoms with Crippen LogP contribution in [0.3, 0.4) is 0 Å². The van der Waals surface area contributed by atoms with Gasteiger partial charge in [-0.15, -0.1) is 0 Å². The van der Waals surface area contributed by atoms with Crippen molar-refractivity contribution in [1.82, 2.24) is 19.9 Å². The molecule has 0 bridgehead atoms. The molecular weight excluding hydrogens is 689 g/mol. The normalized spacial score (nSPS) is 11.6. The lowest BCUT2D eigenvalue weighted by Crippen LogP contribution is -2.00. The number of benzene rings is 7. The SMILES string of the molecule is c1ccc(-c2nc(-c3ccc(-c4ccc(-c5ccc6c(c5)oc5ccccc56)c5c4oc4ccccc45)cc3)nc(-c3cccc(-c4cccnc4)c3)n2)cc1. The summed E-state index contributed by atoms with van der Waals surface area (Å²) in [6.45, 7) is 0. The van der Waals surface area contributed by atoms with E-state index in [0.29, 0.717) is 17.5 Å². The van der Waals surface area contributed by atoms with Crippen molar-refractivity contribution in [2.75, 3.05) is 0 Å². The second-order valence-corrected chi connectivity index (χ2v) is 13.8. The van der Waals surface area contributed by atoms with E-state index < -0.39 is 0 Å². The van der Waals surface area contributed by atoms with Gasteiger partial charge < -0.3 is 8.83 Å². The summed E-state index contributed by atoms with van der Waals surface area (Å²) in [7, 11) is 0. The lowest BCUT2D eigenvalue weighted by atomic mass is 9.94. The molecule has 4 aromatic heterocycles. The Bertz CT molecular complexity index is 3240. The minimum absolute atomic E-state index is 0.595. The molecule has 56 heavy (non-hydrogen) atoms. The molecule has 6 nitrogen and oxygen atoms in total. The number of hydrogen-bond donors (Lipinski definition) is 0. The molecule has 0 aliphatic rings. The molecule has 0 unspecified atom stereocenters. The van der Waals surface area contributed by atoms with Gasteiger partial charge in [0.25, 0.3) is 0 Å². The summed E-state index contributed by atoms with van der Waals surface area (Å²) in [5, 5.41) is 4.36. The van der Waals surface area contributed by atoms with Crippen LogP contribution in [0.25, 0.3) is 111 Å². The number of fused-ring (bicyclic) bond motifs is 6. The predicted molar refractivity (Wildman–Crippen MR) is 225 cm³/mol. The molecule has 0 saturated heterocycles. The van der Waals surface area contributed by atoms with Crippen LogP contribution in [0.4, 0.5) is 0 Å². The van der Waals surface area contributed by atoms with E-state index in [0.717, 1.165) is 93.9 Å². The van der Waals surface area contributed by atoms with Crippen molar-refractivity contribution in [3.05, 3.63) is 182 Å². The van der Waals surface area contributed by atoms with Crippen molar-refractivity contribution in [3.63, 3.8) is 0 Å². The van der Waals surface area contributed by atoms with Gasteiger partial charge in [-0.3, -0.25) is 4.98 Å². The smallest absolute Gasteiger partial charge is 0.164 e. The van der Waals surface area contributed by atoms with E-state index in [2.05, 4.69) is 96.0 Å². The summed E-state index contributed by atoms with van der Waals surface area (Å²) >= 11 is 0. The van der Waals surface area contributed by atoms with Crippen LogP contribution in [-0.2, 0) is 0 Å². The summed E-state index contributed by atoms with van der Waals surface area (Å²) in [5.74, 6) is 1.81. The topological polar surface area (TPSA) is 77.8 Å². The minimum atomic E-state index is 0.595. The molecular formula is C50H30N4O2. The molecule has 11 rings (SSSR count). The molecule has 0 spiro atoms. The van der Waals surface area contributed by atoms with Gasteiger partial charge >= 0.3 is 0 Å². The first kappa shape index (κ1) is 31.8. The average Bonchev–Trinajstić information content (AvgIpc) is 3.85. The average molecular weight is 719 g/mol. The van der Waals surface area contributed by atoms with E-state index in [4.69, 9.17) is 23.8 Å². The molecule has 0 atom stereocenters. The molecule has 0 fully saturated rings. The van der Waals surface area contributed by atoms with Gasteiger partial charge in [0.05, 0.1) is 0 Å². The first-order valence-electron chi connectivity index (χ1n) is 18.5. The zero-order valence-electron chi connectivity index (χ0n) is 29.9. The molecule has 7 aromatic carbocycles. The molecule has 0 aliphatic carbocycles. The third kappa shape index (κ3) is 5.43. The molecule has 11 aromatic rings. The van der Waals surface area contributed by atoms with Crippen molar-refractivity contribution in [2.45, 2.75) is 0 Å². The van der Waals surface area contributed by atoms with Gasteiger partial charge in [-0.25, -0.2) is 15.0 Å². The Hall–Kier alpha value is -7.70. The number of hydrogen-bond acceptors (Lipinski definition) is 6. The standard InChI is InChI=1S/C50H30N4O2/c1-2-10-32(11-3-1)48-52-49(54-50(53-48)36-13-8-12-34(28-36)37-14-9-27-51-30-37)33-21-19-31(20-22-33)39-26-25-38(46-42-16-5-7-18-44(42)56-47(39)46)35-23-24-41-40-15-4-6-17-43(40)55-45(41)29-35/h1-30H. The van der Waals surface area contributed by atoms with Crippen LogP contribution in [0.2, 0.25) is 0 Å². The summed E-state index contributed by atoms with van der Waals surface area (Å²) in [6.07, 6.45) is 3.64. The van der Waals surface area contributed by atoms with Crippen LogP contribution in [-0.4, -0.2) is 19.9 Å². The van der Waals surface area contributed by atoms with Crippen LogP contribution in [0, 0.1) is 0 Å². The van der Waals surface area contributed by atoms with E-state index in [1.54, 1.807) is 6.20 Å². The predicted octanol–water partition coefficient (Wildman–Crippen LogP) is 13.1. The molecule has 0 radical (unpaired) electrons. The van der Waals surface area contributed by atoms with Crippen LogP contribution >= 0.6 is 0 Å². The molecule has 0 saturated carbocycles. The zero-order chi connectivity index (χ0) is 37.0. The van der Waals surface area contributed by atoms with Gasteiger partial charge in [-0.2, -0.15) is 0 Å². The highest BCUT2D eigenvalue weighted by molar-refractivity contribution is 6.17. The van der Waals surface area contributed by atoms with Gasteiger partial charge in [0.15, 0.2) is 17.5 Å². The molecule has 4 heterocycles. The Kier molecular flexibility index (Phi) is 7.38. The van der Waals surface area contributed by atoms with Crippen molar-refractivity contribution >= 4 is 43.9 Å². The highest BCUT2D eigenvalue weighted by Crippen LogP contribution is 2.43. The number of pyridine rings is 1. The highest BCUT2D eigenvalue weighted by atomic mass is 16.3. The number of furan rings is 2. The fourth-order valence-electron chi connectivity index (χ4n) is 7.71. The van der Waals surface area contributed by atoms with Crippen LogP contribution in [0.1, 0.15) is 0 Å². The van der Waals surface area contributed by atoms with Crippen molar-refractivity contribution < 1.29 is 8.83 Å². The van der Waals surface area contributed by atoms with E-state index in [9.17, 15) is 0 Å². The lowest BCUT2D eigenvalue weighted by Gasteiger charge is -2.11. The molecule has 0 amide bonds. The molecule has 262 valence electrons. The van der Waals surface area contributed by atoms with E-state index in [1.807, 2.05) is 85.1 Å². The Morgan fingerprint density at radius 1 is 0.339 bits per heavy atom. The Balaban J connectivity index is 1.01. The summed E-state index contributed by atoms with van der Waals surface area (Å²) < 4.78 is 12.9. The number of para-hydroxylation sites is 2. The van der Waals surface area contributed by atoms with E-state index >= 15 is 0 Å². The molecule has 0 N–H and O–H groups in total. The monoisotopic (exact) mass is 718 g/mol. The Morgan fingerprint density at radius 3 is 1.71 bits per heavy atom. The maximum atomic E-state index is 6.66. The summed E-state index contributed by atoms with van der Waals surface area (Å²) in [4.78, 5) is 19.3. The lowest BCUT2D eigenvalue weighted by molar-refractivity contribution is 0.668. The fraction of sp³-hybridized carbons (Fsp3) is 0. The Labute approximate surface area is 321 Å². The third-order valence-electron chi connectivity index (χ3n) is 10.5. The van der Waals surface area contributed by atoms with Gasteiger partial charge in [-0.1, -0.05) is 127 Å².